The fourth-order valence-corrected chi connectivity index (χ4v) is 1.93. The van der Waals surface area contributed by atoms with E-state index >= 15 is 0 Å². The first kappa shape index (κ1) is 11.4. The summed E-state index contributed by atoms with van der Waals surface area (Å²) in [6.07, 6.45) is 1.42. The number of hydrogen-bond donors (Lipinski definition) is 1. The van der Waals surface area contributed by atoms with Gasteiger partial charge in [0.25, 0.3) is 0 Å². The number of methoxy groups -OCH3 is 1. The molecule has 0 saturated carbocycles. The lowest BCUT2D eigenvalue weighted by Gasteiger charge is -2.05. The maximum Gasteiger partial charge on any atom is 0.351 e. The quantitative estimate of drug-likeness (QED) is 0.715. The lowest BCUT2D eigenvalue weighted by molar-refractivity contribution is 0.413. The Morgan fingerprint density at radius 2 is 2.11 bits per heavy atom. The molecule has 2 aromatic heterocycles. The van der Waals surface area contributed by atoms with Crippen molar-refractivity contribution in [2.45, 2.75) is 0 Å². The van der Waals surface area contributed by atoms with Gasteiger partial charge < -0.3 is 18.7 Å². The summed E-state index contributed by atoms with van der Waals surface area (Å²) >= 11 is 0. The molecule has 96 valence electrons. The van der Waals surface area contributed by atoms with Crippen LogP contribution in [-0.4, -0.2) is 12.2 Å². The number of ether oxygens (including phenoxy) is 1. The van der Waals surface area contributed by atoms with Gasteiger partial charge >= 0.3 is 5.63 Å². The SMILES string of the molecule is COc1ccc2c(O)c(-c3ccco3)c(=O)oc2c1. The van der Waals surface area contributed by atoms with E-state index in [9.17, 15) is 9.90 Å². The Hall–Kier alpha value is -2.69. The predicted octanol–water partition coefficient (Wildman–Crippen LogP) is 2.77. The van der Waals surface area contributed by atoms with E-state index in [0.29, 0.717) is 11.1 Å². The molecule has 1 aromatic carbocycles. The summed E-state index contributed by atoms with van der Waals surface area (Å²) in [5.74, 6) is 0.647. The van der Waals surface area contributed by atoms with Crippen molar-refractivity contribution in [3.63, 3.8) is 0 Å². The van der Waals surface area contributed by atoms with Crippen molar-refractivity contribution in [1.29, 1.82) is 0 Å². The lowest BCUT2D eigenvalue weighted by atomic mass is 10.1. The van der Waals surface area contributed by atoms with Crippen molar-refractivity contribution < 1.29 is 18.7 Å². The fourth-order valence-electron chi connectivity index (χ4n) is 1.93. The van der Waals surface area contributed by atoms with Crippen molar-refractivity contribution in [1.82, 2.24) is 0 Å². The maximum absolute atomic E-state index is 11.9. The molecule has 0 spiro atoms. The second-order valence-electron chi connectivity index (χ2n) is 3.95. The molecule has 0 saturated heterocycles. The molecule has 2 heterocycles. The second-order valence-corrected chi connectivity index (χ2v) is 3.95. The number of fused-ring (bicyclic) bond motifs is 1. The van der Waals surface area contributed by atoms with Crippen LogP contribution in [0.3, 0.4) is 0 Å². The van der Waals surface area contributed by atoms with Gasteiger partial charge in [-0.2, -0.15) is 0 Å². The molecule has 0 bridgehead atoms. The first-order valence-corrected chi connectivity index (χ1v) is 5.58. The highest BCUT2D eigenvalue weighted by Crippen LogP contribution is 2.34. The molecule has 3 aromatic rings. The Kier molecular flexibility index (Phi) is 2.52. The van der Waals surface area contributed by atoms with E-state index in [1.807, 2.05) is 0 Å². The van der Waals surface area contributed by atoms with Crippen molar-refractivity contribution >= 4 is 11.0 Å². The average Bonchev–Trinajstić information content (AvgIpc) is 2.91. The Bertz CT molecular complexity index is 783. The summed E-state index contributed by atoms with van der Waals surface area (Å²) in [5, 5.41) is 10.6. The molecular weight excluding hydrogens is 248 g/mol. The van der Waals surface area contributed by atoms with Crippen LogP contribution in [0.4, 0.5) is 0 Å². The molecule has 0 radical (unpaired) electrons. The topological polar surface area (TPSA) is 72.8 Å². The summed E-state index contributed by atoms with van der Waals surface area (Å²) in [6.45, 7) is 0. The fraction of sp³-hybridized carbons (Fsp3) is 0.0714. The molecule has 19 heavy (non-hydrogen) atoms. The van der Waals surface area contributed by atoms with Crippen LogP contribution in [0.2, 0.25) is 0 Å². The summed E-state index contributed by atoms with van der Waals surface area (Å²) in [4.78, 5) is 11.9. The summed E-state index contributed by atoms with van der Waals surface area (Å²) < 4.78 is 15.4. The molecule has 0 atom stereocenters. The van der Waals surface area contributed by atoms with Crippen LogP contribution < -0.4 is 10.4 Å². The summed E-state index contributed by atoms with van der Waals surface area (Å²) in [7, 11) is 1.51. The molecule has 1 N–H and O–H groups in total. The van der Waals surface area contributed by atoms with Gasteiger partial charge in [0.05, 0.1) is 18.8 Å². The predicted molar refractivity (Wildman–Crippen MR) is 68.4 cm³/mol. The highest BCUT2D eigenvalue weighted by Gasteiger charge is 2.18. The third-order valence-corrected chi connectivity index (χ3v) is 2.86. The van der Waals surface area contributed by atoms with E-state index in [1.54, 1.807) is 30.3 Å². The molecule has 0 amide bonds. The van der Waals surface area contributed by atoms with Gasteiger partial charge in [-0.3, -0.25) is 0 Å². The van der Waals surface area contributed by atoms with Crippen LogP contribution >= 0.6 is 0 Å². The normalized spacial score (nSPS) is 10.8. The van der Waals surface area contributed by atoms with Crippen molar-refractivity contribution in [2.75, 3.05) is 7.11 Å². The minimum atomic E-state index is -0.659. The second kappa shape index (κ2) is 4.20. The van der Waals surface area contributed by atoms with Crippen LogP contribution in [0.1, 0.15) is 0 Å². The Morgan fingerprint density at radius 1 is 1.26 bits per heavy atom. The van der Waals surface area contributed by atoms with E-state index in [2.05, 4.69) is 0 Å². The zero-order valence-corrected chi connectivity index (χ0v) is 10.0. The van der Waals surface area contributed by atoms with E-state index in [-0.39, 0.29) is 22.7 Å². The van der Waals surface area contributed by atoms with Crippen LogP contribution in [0.15, 0.2) is 50.2 Å². The average molecular weight is 258 g/mol. The van der Waals surface area contributed by atoms with Crippen molar-refractivity contribution in [2.24, 2.45) is 0 Å². The number of rotatable bonds is 2. The summed E-state index contributed by atoms with van der Waals surface area (Å²) in [5.41, 5.74) is -0.381. The van der Waals surface area contributed by atoms with Gasteiger partial charge in [-0.1, -0.05) is 0 Å². The van der Waals surface area contributed by atoms with Gasteiger partial charge in [0.1, 0.15) is 28.4 Å². The molecule has 3 rings (SSSR count). The number of furan rings is 1. The van der Waals surface area contributed by atoms with Gasteiger partial charge in [-0.05, 0) is 24.3 Å². The maximum atomic E-state index is 11.9. The smallest absolute Gasteiger partial charge is 0.351 e. The molecule has 0 aliphatic heterocycles. The third kappa shape index (κ3) is 1.76. The van der Waals surface area contributed by atoms with E-state index in [1.165, 1.54) is 13.4 Å². The Morgan fingerprint density at radius 3 is 2.79 bits per heavy atom. The molecule has 0 fully saturated rings. The minimum absolute atomic E-state index is 0.0164. The molecule has 0 unspecified atom stereocenters. The van der Waals surface area contributed by atoms with E-state index < -0.39 is 5.63 Å². The Labute approximate surface area is 107 Å². The Balaban J connectivity index is 2.35. The lowest BCUT2D eigenvalue weighted by Crippen LogP contribution is -2.03. The first-order chi connectivity index (χ1) is 9.20. The monoisotopic (exact) mass is 258 g/mol. The molecule has 5 nitrogen and oxygen atoms in total. The highest BCUT2D eigenvalue weighted by molar-refractivity contribution is 5.90. The van der Waals surface area contributed by atoms with E-state index in [4.69, 9.17) is 13.6 Å². The molecular formula is C14H10O5. The van der Waals surface area contributed by atoms with Crippen molar-refractivity contribution in [3.8, 4) is 22.8 Å². The first-order valence-electron chi connectivity index (χ1n) is 5.58. The van der Waals surface area contributed by atoms with Crippen molar-refractivity contribution in [3.05, 3.63) is 47.0 Å². The van der Waals surface area contributed by atoms with Gasteiger partial charge in [-0.15, -0.1) is 0 Å². The van der Waals surface area contributed by atoms with Crippen LogP contribution in [0, 0.1) is 0 Å². The highest BCUT2D eigenvalue weighted by atomic mass is 16.5. The third-order valence-electron chi connectivity index (χ3n) is 2.86. The minimum Gasteiger partial charge on any atom is -0.506 e. The van der Waals surface area contributed by atoms with Gasteiger partial charge in [-0.25, -0.2) is 4.79 Å². The molecule has 0 aliphatic carbocycles. The number of aromatic hydroxyl groups is 1. The zero-order chi connectivity index (χ0) is 13.4. The standard InChI is InChI=1S/C14H10O5/c1-17-8-4-5-9-11(7-8)19-14(16)12(13(9)15)10-3-2-6-18-10/h2-7,15H,1H3. The van der Waals surface area contributed by atoms with Crippen LogP contribution in [0.25, 0.3) is 22.3 Å². The van der Waals surface area contributed by atoms with E-state index in [0.717, 1.165) is 0 Å². The number of hydrogen-bond acceptors (Lipinski definition) is 5. The summed E-state index contributed by atoms with van der Waals surface area (Å²) in [6, 6.07) is 8.06. The molecule has 5 heteroatoms. The van der Waals surface area contributed by atoms with Crippen LogP contribution in [0.5, 0.6) is 11.5 Å². The van der Waals surface area contributed by atoms with Gasteiger partial charge in [0.15, 0.2) is 0 Å². The number of benzene rings is 1. The van der Waals surface area contributed by atoms with Gasteiger partial charge in [0.2, 0.25) is 0 Å². The largest absolute Gasteiger partial charge is 0.506 e. The molecule has 0 aliphatic rings. The van der Waals surface area contributed by atoms with Crippen LogP contribution in [-0.2, 0) is 0 Å². The van der Waals surface area contributed by atoms with Gasteiger partial charge in [0, 0.05) is 6.07 Å². The zero-order valence-electron chi connectivity index (χ0n) is 10.0.